The fraction of sp³-hybridized carbons (Fsp3) is 0. The van der Waals surface area contributed by atoms with Crippen LogP contribution in [0.5, 0.6) is 0 Å². The third-order valence-corrected chi connectivity index (χ3v) is 12.3. The second-order valence-electron chi connectivity index (χ2n) is 16.0. The predicted octanol–water partition coefficient (Wildman–Crippen LogP) is 17.3. The second-order valence-corrected chi connectivity index (χ2v) is 16.0. The molecule has 0 aliphatic carbocycles. The van der Waals surface area contributed by atoms with Crippen molar-refractivity contribution >= 4 is 60.9 Å². The highest BCUT2D eigenvalue weighted by molar-refractivity contribution is 6.07. The van der Waals surface area contributed by atoms with Gasteiger partial charge in [0.2, 0.25) is 0 Å². The summed E-state index contributed by atoms with van der Waals surface area (Å²) in [5.74, 6) is 0. The van der Waals surface area contributed by atoms with Gasteiger partial charge in [0.05, 0.1) is 5.69 Å². The SMILES string of the molecule is c1ccc(-c2ccccc2-c2ccccc2-c2ccccc2N(c2ccc(-c3ccc4c(c3)oc3ccccc34)cc2)c2ccc(-c3ccc4c(c3)oc3ccccc34)cc2)cc1. The molecule has 0 bridgehead atoms. The number of nitrogens with zero attached hydrogens (tertiary/aromatic N) is 1. The van der Waals surface area contributed by atoms with Gasteiger partial charge in [0.1, 0.15) is 22.3 Å². The second kappa shape index (κ2) is 15.3. The number of hydrogen-bond donors (Lipinski definition) is 0. The molecule has 0 radical (unpaired) electrons. The van der Waals surface area contributed by atoms with Crippen LogP contribution in [-0.2, 0) is 0 Å². The zero-order valence-electron chi connectivity index (χ0n) is 34.3. The topological polar surface area (TPSA) is 29.5 Å². The zero-order valence-corrected chi connectivity index (χ0v) is 34.3. The van der Waals surface area contributed by atoms with Crippen LogP contribution in [0.3, 0.4) is 0 Å². The Labute approximate surface area is 365 Å². The Balaban J connectivity index is 0.981. The highest BCUT2D eigenvalue weighted by Crippen LogP contribution is 2.46. The van der Waals surface area contributed by atoms with Gasteiger partial charge in [0.15, 0.2) is 0 Å². The lowest BCUT2D eigenvalue weighted by atomic mass is 9.88. The van der Waals surface area contributed by atoms with Gasteiger partial charge < -0.3 is 13.7 Å². The maximum absolute atomic E-state index is 6.28. The first kappa shape index (κ1) is 36.5. The van der Waals surface area contributed by atoms with Gasteiger partial charge in [-0.2, -0.15) is 0 Å². The fourth-order valence-corrected chi connectivity index (χ4v) is 9.28. The third-order valence-electron chi connectivity index (χ3n) is 12.3. The molecule has 2 aromatic heterocycles. The van der Waals surface area contributed by atoms with Crippen LogP contribution in [-0.4, -0.2) is 0 Å². The minimum Gasteiger partial charge on any atom is -0.456 e. The monoisotopic (exact) mass is 805 g/mol. The number of rotatable bonds is 8. The molecular weight excluding hydrogens is 767 g/mol. The summed E-state index contributed by atoms with van der Waals surface area (Å²) in [6, 6.07) is 84.3. The van der Waals surface area contributed by atoms with Crippen molar-refractivity contribution in [1.82, 2.24) is 0 Å². The molecule has 12 rings (SSSR count). The lowest BCUT2D eigenvalue weighted by molar-refractivity contribution is 0.668. The first-order chi connectivity index (χ1) is 31.2. The van der Waals surface area contributed by atoms with Gasteiger partial charge in [-0.1, -0.05) is 170 Å². The van der Waals surface area contributed by atoms with E-state index in [1.54, 1.807) is 0 Å². The van der Waals surface area contributed by atoms with Crippen molar-refractivity contribution in [2.45, 2.75) is 0 Å². The van der Waals surface area contributed by atoms with Crippen molar-refractivity contribution in [2.24, 2.45) is 0 Å². The standard InChI is InChI=1S/C60H39NO2/c1-2-14-42(15-3-1)47-16-4-5-17-48(47)49-18-6-7-19-50(49)51-20-8-11-23-56(51)61(45-32-26-40(27-33-45)43-30-36-54-52-21-9-12-24-57(52)62-59(54)38-43)46-34-28-41(29-35-46)44-31-37-55-53-22-10-13-25-58(53)63-60(55)39-44/h1-39H. The van der Waals surface area contributed by atoms with Crippen LogP contribution in [0.2, 0.25) is 0 Å². The van der Waals surface area contributed by atoms with Crippen LogP contribution in [0.25, 0.3) is 99.5 Å². The van der Waals surface area contributed by atoms with Gasteiger partial charge in [-0.15, -0.1) is 0 Å². The molecule has 0 spiro atoms. The first-order valence-corrected chi connectivity index (χ1v) is 21.4. The molecule has 0 saturated heterocycles. The van der Waals surface area contributed by atoms with Gasteiger partial charge in [-0.05, 0) is 117 Å². The van der Waals surface area contributed by atoms with E-state index in [4.69, 9.17) is 8.83 Å². The van der Waals surface area contributed by atoms with Crippen LogP contribution >= 0.6 is 0 Å². The van der Waals surface area contributed by atoms with Crippen LogP contribution in [0.4, 0.5) is 17.1 Å². The average Bonchev–Trinajstić information content (AvgIpc) is 3.93. The molecule has 2 heterocycles. The van der Waals surface area contributed by atoms with Crippen molar-refractivity contribution < 1.29 is 8.83 Å². The molecular formula is C60H39NO2. The molecule has 3 heteroatoms. The van der Waals surface area contributed by atoms with E-state index in [2.05, 4.69) is 217 Å². The number of benzene rings is 10. The van der Waals surface area contributed by atoms with E-state index in [0.29, 0.717) is 0 Å². The van der Waals surface area contributed by atoms with Crippen LogP contribution in [0, 0.1) is 0 Å². The minimum absolute atomic E-state index is 0.889. The van der Waals surface area contributed by atoms with E-state index in [1.165, 1.54) is 22.3 Å². The average molecular weight is 806 g/mol. The van der Waals surface area contributed by atoms with Crippen molar-refractivity contribution in [2.75, 3.05) is 4.90 Å². The largest absolute Gasteiger partial charge is 0.456 e. The van der Waals surface area contributed by atoms with Gasteiger partial charge >= 0.3 is 0 Å². The number of fused-ring (bicyclic) bond motifs is 6. The minimum atomic E-state index is 0.889. The van der Waals surface area contributed by atoms with Gasteiger partial charge in [-0.25, -0.2) is 0 Å². The summed E-state index contributed by atoms with van der Waals surface area (Å²) in [6.07, 6.45) is 0. The molecule has 0 aliphatic rings. The molecule has 0 N–H and O–H groups in total. The summed E-state index contributed by atoms with van der Waals surface area (Å²) in [5, 5.41) is 4.52. The fourth-order valence-electron chi connectivity index (χ4n) is 9.28. The van der Waals surface area contributed by atoms with Gasteiger partial charge in [0.25, 0.3) is 0 Å². The Morgan fingerprint density at radius 1 is 0.238 bits per heavy atom. The van der Waals surface area contributed by atoms with Crippen LogP contribution in [0.1, 0.15) is 0 Å². The Morgan fingerprint density at radius 3 is 1.16 bits per heavy atom. The van der Waals surface area contributed by atoms with Crippen molar-refractivity contribution in [3.8, 4) is 55.6 Å². The molecule has 0 aliphatic heterocycles. The summed E-state index contributed by atoms with van der Waals surface area (Å²) in [4.78, 5) is 2.38. The number of anilines is 3. The van der Waals surface area contributed by atoms with E-state index < -0.39 is 0 Å². The molecule has 296 valence electrons. The highest BCUT2D eigenvalue weighted by atomic mass is 16.3. The van der Waals surface area contributed by atoms with E-state index in [1.807, 2.05) is 24.3 Å². The van der Waals surface area contributed by atoms with E-state index in [-0.39, 0.29) is 0 Å². The summed E-state index contributed by atoms with van der Waals surface area (Å²) in [5.41, 5.74) is 18.3. The Morgan fingerprint density at radius 2 is 0.619 bits per heavy atom. The summed E-state index contributed by atoms with van der Waals surface area (Å²) in [6.45, 7) is 0. The highest BCUT2D eigenvalue weighted by Gasteiger charge is 2.21. The Bertz CT molecular complexity index is 3460. The molecule has 0 amide bonds. The smallest absolute Gasteiger partial charge is 0.136 e. The molecule has 12 aromatic rings. The van der Waals surface area contributed by atoms with Crippen LogP contribution in [0.15, 0.2) is 245 Å². The summed E-state index contributed by atoms with van der Waals surface area (Å²) < 4.78 is 12.6. The lowest BCUT2D eigenvalue weighted by Gasteiger charge is -2.29. The van der Waals surface area contributed by atoms with E-state index in [9.17, 15) is 0 Å². The maximum Gasteiger partial charge on any atom is 0.136 e. The normalized spacial score (nSPS) is 11.5. The molecule has 0 atom stereocenters. The van der Waals surface area contributed by atoms with Gasteiger partial charge in [0, 0.05) is 38.5 Å². The molecule has 0 unspecified atom stereocenters. The number of furan rings is 2. The quantitative estimate of drug-likeness (QED) is 0.153. The summed E-state index contributed by atoms with van der Waals surface area (Å²) in [7, 11) is 0. The molecule has 3 nitrogen and oxygen atoms in total. The number of para-hydroxylation sites is 3. The Kier molecular flexibility index (Phi) is 8.83. The van der Waals surface area contributed by atoms with Crippen molar-refractivity contribution in [1.29, 1.82) is 0 Å². The van der Waals surface area contributed by atoms with E-state index in [0.717, 1.165) is 94.3 Å². The van der Waals surface area contributed by atoms with Crippen molar-refractivity contribution in [3.05, 3.63) is 237 Å². The van der Waals surface area contributed by atoms with E-state index >= 15 is 0 Å². The predicted molar refractivity (Wildman–Crippen MR) is 263 cm³/mol. The Hall–Kier alpha value is -8.40. The maximum atomic E-state index is 6.28. The zero-order chi connectivity index (χ0) is 41.7. The molecule has 63 heavy (non-hydrogen) atoms. The molecule has 0 fully saturated rings. The third kappa shape index (κ3) is 6.46. The molecule has 0 saturated carbocycles. The number of hydrogen-bond acceptors (Lipinski definition) is 3. The van der Waals surface area contributed by atoms with Gasteiger partial charge in [-0.3, -0.25) is 0 Å². The first-order valence-electron chi connectivity index (χ1n) is 21.4. The molecule has 10 aromatic carbocycles. The van der Waals surface area contributed by atoms with Crippen LogP contribution < -0.4 is 4.90 Å². The van der Waals surface area contributed by atoms with Crippen molar-refractivity contribution in [3.63, 3.8) is 0 Å². The summed E-state index contributed by atoms with van der Waals surface area (Å²) >= 11 is 0. The lowest BCUT2D eigenvalue weighted by Crippen LogP contribution is -2.11.